The normalized spacial score (nSPS) is 10.8. The van der Waals surface area contributed by atoms with E-state index >= 15 is 0 Å². The lowest BCUT2D eigenvalue weighted by molar-refractivity contribution is 0.100. The highest BCUT2D eigenvalue weighted by molar-refractivity contribution is 6.16. The highest BCUT2D eigenvalue weighted by Crippen LogP contribution is 2.22. The van der Waals surface area contributed by atoms with Gasteiger partial charge in [-0.3, -0.25) is 9.59 Å². The lowest BCUT2D eigenvalue weighted by Crippen LogP contribution is -2.12. The molecule has 0 radical (unpaired) electrons. The van der Waals surface area contributed by atoms with Crippen LogP contribution in [0.2, 0.25) is 0 Å². The molecule has 0 aliphatic rings. The number of aromatic nitrogens is 2. The monoisotopic (exact) mass is 307 g/mol. The van der Waals surface area contributed by atoms with Crippen molar-refractivity contribution in [3.63, 3.8) is 0 Å². The highest BCUT2D eigenvalue weighted by atomic mass is 16.1. The van der Waals surface area contributed by atoms with E-state index < -0.39 is 5.91 Å². The Kier molecular flexibility index (Phi) is 3.93. The van der Waals surface area contributed by atoms with Gasteiger partial charge in [-0.05, 0) is 18.6 Å². The summed E-state index contributed by atoms with van der Waals surface area (Å²) in [5.74, 6) is 0.0557. The van der Waals surface area contributed by atoms with Gasteiger partial charge in [0.05, 0.1) is 16.6 Å². The summed E-state index contributed by atoms with van der Waals surface area (Å²) >= 11 is 0. The Morgan fingerprint density at radius 1 is 1.13 bits per heavy atom. The summed E-state index contributed by atoms with van der Waals surface area (Å²) in [5, 5.41) is 0. The number of hydrogen-bond donors (Lipinski definition) is 2. The minimum Gasteiger partial charge on any atom is -0.366 e. The third kappa shape index (κ3) is 2.85. The van der Waals surface area contributed by atoms with Gasteiger partial charge >= 0.3 is 0 Å². The molecule has 1 amide bonds. The van der Waals surface area contributed by atoms with Crippen LogP contribution in [0.3, 0.4) is 0 Å². The van der Waals surface area contributed by atoms with Crippen LogP contribution < -0.4 is 5.73 Å². The lowest BCUT2D eigenvalue weighted by atomic mass is 9.99. The Bertz CT molecular complexity index is 882. The van der Waals surface area contributed by atoms with Crippen molar-refractivity contribution in [3.05, 3.63) is 65.0 Å². The number of H-pyrrole nitrogens is 1. The van der Waals surface area contributed by atoms with E-state index in [2.05, 4.69) is 16.9 Å². The molecule has 0 spiro atoms. The number of nitrogens with zero attached hydrogens (tertiary/aromatic N) is 1. The van der Waals surface area contributed by atoms with Crippen LogP contribution in [0.5, 0.6) is 0 Å². The molecule has 0 bridgehead atoms. The average molecular weight is 307 g/mol. The van der Waals surface area contributed by atoms with Crippen LogP contribution in [0.15, 0.2) is 42.5 Å². The van der Waals surface area contributed by atoms with Gasteiger partial charge in [0.25, 0.3) is 0 Å². The number of ketones is 1. The molecule has 3 N–H and O–H groups in total. The molecule has 0 atom stereocenters. The first-order valence-electron chi connectivity index (χ1n) is 7.52. The number of fused-ring (bicyclic) bond motifs is 1. The van der Waals surface area contributed by atoms with Crippen LogP contribution in [-0.2, 0) is 6.42 Å². The SMILES string of the molecule is CCCc1nc2c(C(=O)c3ccccc3)cc(C(N)=O)cc2[nH]1. The number of carbonyl (C=O) groups is 2. The van der Waals surface area contributed by atoms with E-state index in [0.717, 1.165) is 18.7 Å². The first-order valence-corrected chi connectivity index (χ1v) is 7.52. The van der Waals surface area contributed by atoms with Crippen molar-refractivity contribution in [2.75, 3.05) is 0 Å². The fraction of sp³-hybridized carbons (Fsp3) is 0.167. The quantitative estimate of drug-likeness (QED) is 0.710. The van der Waals surface area contributed by atoms with Gasteiger partial charge in [-0.2, -0.15) is 0 Å². The predicted molar refractivity (Wildman–Crippen MR) is 88.5 cm³/mol. The minimum atomic E-state index is -0.569. The number of nitrogens with one attached hydrogen (secondary N) is 1. The predicted octanol–water partition coefficient (Wildman–Crippen LogP) is 2.85. The standard InChI is InChI=1S/C18H17N3O2/c1-2-6-15-20-14-10-12(18(19)23)9-13(16(14)21-15)17(22)11-7-4-3-5-8-11/h3-5,7-10H,2,6H2,1H3,(H2,19,23)(H,20,21). The summed E-state index contributed by atoms with van der Waals surface area (Å²) in [6.07, 6.45) is 1.71. The Morgan fingerprint density at radius 2 is 1.87 bits per heavy atom. The first kappa shape index (κ1) is 15.0. The molecule has 2 aromatic carbocycles. The lowest BCUT2D eigenvalue weighted by Gasteiger charge is -2.04. The highest BCUT2D eigenvalue weighted by Gasteiger charge is 2.18. The van der Waals surface area contributed by atoms with Crippen LogP contribution in [0.1, 0.15) is 45.4 Å². The number of benzene rings is 2. The van der Waals surface area contributed by atoms with E-state index in [9.17, 15) is 9.59 Å². The van der Waals surface area contributed by atoms with E-state index in [-0.39, 0.29) is 5.78 Å². The number of nitrogens with two attached hydrogens (primary N) is 1. The maximum absolute atomic E-state index is 12.8. The fourth-order valence-corrected chi connectivity index (χ4v) is 2.58. The van der Waals surface area contributed by atoms with E-state index in [0.29, 0.717) is 27.7 Å². The summed E-state index contributed by atoms with van der Waals surface area (Å²) in [7, 11) is 0. The second kappa shape index (κ2) is 6.04. The largest absolute Gasteiger partial charge is 0.366 e. The summed E-state index contributed by atoms with van der Waals surface area (Å²) in [6, 6.07) is 12.1. The molecular weight excluding hydrogens is 290 g/mol. The van der Waals surface area contributed by atoms with Crippen molar-refractivity contribution < 1.29 is 9.59 Å². The molecular formula is C18H17N3O2. The smallest absolute Gasteiger partial charge is 0.248 e. The second-order valence-corrected chi connectivity index (χ2v) is 5.41. The van der Waals surface area contributed by atoms with Crippen molar-refractivity contribution in [1.29, 1.82) is 0 Å². The maximum atomic E-state index is 12.8. The molecule has 0 fully saturated rings. The number of hydrogen-bond acceptors (Lipinski definition) is 3. The van der Waals surface area contributed by atoms with Crippen molar-refractivity contribution in [2.24, 2.45) is 5.73 Å². The second-order valence-electron chi connectivity index (χ2n) is 5.41. The van der Waals surface area contributed by atoms with Gasteiger partial charge in [0, 0.05) is 17.5 Å². The van der Waals surface area contributed by atoms with E-state index in [1.54, 1.807) is 30.3 Å². The topological polar surface area (TPSA) is 88.8 Å². The van der Waals surface area contributed by atoms with E-state index in [1.165, 1.54) is 6.07 Å². The molecule has 0 aliphatic carbocycles. The number of rotatable bonds is 5. The Labute approximate surface area is 133 Å². The molecule has 3 aromatic rings. The summed E-state index contributed by atoms with van der Waals surface area (Å²) < 4.78 is 0. The Balaban J connectivity index is 2.20. The number of amides is 1. The molecule has 1 aromatic heterocycles. The summed E-state index contributed by atoms with van der Waals surface area (Å²) in [5.41, 5.74) is 7.86. The number of aromatic amines is 1. The number of primary amides is 1. The van der Waals surface area contributed by atoms with Gasteiger partial charge in [-0.15, -0.1) is 0 Å². The summed E-state index contributed by atoms with van der Waals surface area (Å²) in [4.78, 5) is 32.0. The van der Waals surface area contributed by atoms with Crippen molar-refractivity contribution in [3.8, 4) is 0 Å². The van der Waals surface area contributed by atoms with Crippen molar-refractivity contribution >= 4 is 22.7 Å². The number of carbonyl (C=O) groups excluding carboxylic acids is 2. The molecule has 3 rings (SSSR count). The summed E-state index contributed by atoms with van der Waals surface area (Å²) in [6.45, 7) is 2.05. The molecule has 0 unspecified atom stereocenters. The zero-order valence-electron chi connectivity index (χ0n) is 12.8. The fourth-order valence-electron chi connectivity index (χ4n) is 2.58. The maximum Gasteiger partial charge on any atom is 0.248 e. The third-order valence-corrected chi connectivity index (χ3v) is 3.69. The Morgan fingerprint density at radius 3 is 2.52 bits per heavy atom. The van der Waals surface area contributed by atoms with Gasteiger partial charge in [0.1, 0.15) is 5.82 Å². The number of aryl methyl sites for hydroxylation is 1. The minimum absolute atomic E-state index is 0.173. The third-order valence-electron chi connectivity index (χ3n) is 3.69. The molecule has 5 nitrogen and oxygen atoms in total. The molecule has 23 heavy (non-hydrogen) atoms. The number of imidazole rings is 1. The van der Waals surface area contributed by atoms with Crippen molar-refractivity contribution in [2.45, 2.75) is 19.8 Å². The molecule has 1 heterocycles. The van der Waals surface area contributed by atoms with E-state index in [1.807, 2.05) is 6.07 Å². The van der Waals surface area contributed by atoms with Gasteiger partial charge in [0.2, 0.25) is 5.91 Å². The average Bonchev–Trinajstić information content (AvgIpc) is 2.96. The molecule has 116 valence electrons. The zero-order valence-corrected chi connectivity index (χ0v) is 12.8. The van der Waals surface area contributed by atoms with E-state index in [4.69, 9.17) is 5.73 Å². The van der Waals surface area contributed by atoms with Gasteiger partial charge in [-0.25, -0.2) is 4.98 Å². The van der Waals surface area contributed by atoms with Gasteiger partial charge in [-0.1, -0.05) is 37.3 Å². The van der Waals surface area contributed by atoms with Crippen LogP contribution >= 0.6 is 0 Å². The van der Waals surface area contributed by atoms with Gasteiger partial charge < -0.3 is 10.7 Å². The zero-order chi connectivity index (χ0) is 16.4. The van der Waals surface area contributed by atoms with Crippen molar-refractivity contribution in [1.82, 2.24) is 9.97 Å². The molecule has 0 saturated heterocycles. The Hall–Kier alpha value is -2.95. The van der Waals surface area contributed by atoms with Crippen LogP contribution in [0.4, 0.5) is 0 Å². The van der Waals surface area contributed by atoms with Crippen LogP contribution in [-0.4, -0.2) is 21.7 Å². The van der Waals surface area contributed by atoms with Crippen LogP contribution in [0.25, 0.3) is 11.0 Å². The van der Waals surface area contributed by atoms with Gasteiger partial charge in [0.15, 0.2) is 5.78 Å². The van der Waals surface area contributed by atoms with Crippen LogP contribution in [0, 0.1) is 0 Å². The molecule has 0 saturated carbocycles. The molecule has 0 aliphatic heterocycles. The first-order chi connectivity index (χ1) is 11.1. The molecule has 5 heteroatoms.